The molecule has 130 valence electrons. The lowest BCUT2D eigenvalue weighted by Crippen LogP contribution is -2.41. The van der Waals surface area contributed by atoms with E-state index in [1.807, 2.05) is 18.2 Å². The fourth-order valence-electron chi connectivity index (χ4n) is 3.10. The van der Waals surface area contributed by atoms with Crippen LogP contribution < -0.4 is 5.32 Å². The highest BCUT2D eigenvalue weighted by molar-refractivity contribution is 5.80. The lowest BCUT2D eigenvalue weighted by molar-refractivity contribution is 0.181. The molecule has 1 aromatic carbocycles. The Kier molecular flexibility index (Phi) is 5.75. The van der Waals surface area contributed by atoms with Crippen molar-refractivity contribution >= 4 is 16.9 Å². The van der Waals surface area contributed by atoms with E-state index in [4.69, 9.17) is 14.1 Å². The Morgan fingerprint density at radius 2 is 2.25 bits per heavy atom. The maximum atomic E-state index is 5.86. The molecule has 1 aromatic heterocycles. The molecule has 2 heterocycles. The molecule has 0 saturated carbocycles. The van der Waals surface area contributed by atoms with Gasteiger partial charge in [0.15, 0.2) is 5.96 Å². The highest BCUT2D eigenvalue weighted by Gasteiger charge is 2.19. The molecule has 24 heavy (non-hydrogen) atoms. The molecule has 0 spiro atoms. The van der Waals surface area contributed by atoms with E-state index in [-0.39, 0.29) is 0 Å². The minimum absolute atomic E-state index is 0.606. The molecule has 1 atom stereocenters. The SMILES string of the molecule is CCNC(=NCCc1cc2ccccc2o1)N(C)CC1CCOC1. The quantitative estimate of drug-likeness (QED) is 0.654. The molecular formula is C19H27N3O2. The molecule has 2 aromatic rings. The largest absolute Gasteiger partial charge is 0.461 e. The molecule has 1 unspecified atom stereocenters. The van der Waals surface area contributed by atoms with Crippen LogP contribution in [0.15, 0.2) is 39.7 Å². The van der Waals surface area contributed by atoms with Crippen molar-refractivity contribution in [3.63, 3.8) is 0 Å². The lowest BCUT2D eigenvalue weighted by Gasteiger charge is -2.24. The van der Waals surface area contributed by atoms with Crippen LogP contribution in [0.3, 0.4) is 0 Å². The Hall–Kier alpha value is -2.01. The van der Waals surface area contributed by atoms with Crippen LogP contribution in [0.2, 0.25) is 0 Å². The molecule has 0 amide bonds. The number of para-hydroxylation sites is 1. The summed E-state index contributed by atoms with van der Waals surface area (Å²) in [5.41, 5.74) is 0.946. The summed E-state index contributed by atoms with van der Waals surface area (Å²) in [6.45, 7) is 6.42. The van der Waals surface area contributed by atoms with Gasteiger partial charge in [-0.05, 0) is 25.5 Å². The predicted molar refractivity (Wildman–Crippen MR) is 97.5 cm³/mol. The zero-order valence-electron chi connectivity index (χ0n) is 14.6. The molecule has 5 nitrogen and oxygen atoms in total. The Morgan fingerprint density at radius 3 is 3.00 bits per heavy atom. The van der Waals surface area contributed by atoms with Crippen molar-refractivity contribution in [2.45, 2.75) is 19.8 Å². The van der Waals surface area contributed by atoms with Crippen LogP contribution in [0.25, 0.3) is 11.0 Å². The van der Waals surface area contributed by atoms with E-state index in [1.165, 1.54) is 0 Å². The summed E-state index contributed by atoms with van der Waals surface area (Å²) in [6.07, 6.45) is 1.95. The van der Waals surface area contributed by atoms with Crippen LogP contribution in [-0.4, -0.2) is 50.8 Å². The van der Waals surface area contributed by atoms with Crippen molar-refractivity contribution < 1.29 is 9.15 Å². The van der Waals surface area contributed by atoms with Gasteiger partial charge in [0.2, 0.25) is 0 Å². The van der Waals surface area contributed by atoms with Gasteiger partial charge in [-0.3, -0.25) is 4.99 Å². The Balaban J connectivity index is 1.58. The van der Waals surface area contributed by atoms with Crippen LogP contribution in [0.1, 0.15) is 19.1 Å². The summed E-state index contributed by atoms with van der Waals surface area (Å²) in [6, 6.07) is 10.2. The third-order valence-corrected chi connectivity index (χ3v) is 4.35. The van der Waals surface area contributed by atoms with Gasteiger partial charge in [0.25, 0.3) is 0 Å². The van der Waals surface area contributed by atoms with E-state index in [0.717, 1.165) is 61.8 Å². The van der Waals surface area contributed by atoms with E-state index in [1.54, 1.807) is 0 Å². The number of aliphatic imine (C=N–C) groups is 1. The molecule has 1 fully saturated rings. The maximum Gasteiger partial charge on any atom is 0.193 e. The molecule has 5 heteroatoms. The molecule has 1 aliphatic heterocycles. The standard InChI is InChI=1S/C19H27N3O2/c1-3-20-19(22(2)13-15-9-11-23-14-15)21-10-8-17-12-16-6-4-5-7-18(16)24-17/h4-7,12,15H,3,8-11,13-14H2,1-2H3,(H,20,21). The third kappa shape index (κ3) is 4.29. The van der Waals surface area contributed by atoms with E-state index < -0.39 is 0 Å². The first kappa shape index (κ1) is 16.8. The topological polar surface area (TPSA) is 50.0 Å². The van der Waals surface area contributed by atoms with Crippen molar-refractivity contribution in [1.29, 1.82) is 0 Å². The number of hydrogen-bond donors (Lipinski definition) is 1. The highest BCUT2D eigenvalue weighted by atomic mass is 16.5. The van der Waals surface area contributed by atoms with Crippen LogP contribution in [0.4, 0.5) is 0 Å². The highest BCUT2D eigenvalue weighted by Crippen LogP contribution is 2.19. The normalized spacial score (nSPS) is 18.2. The Bertz CT molecular complexity index is 641. The number of benzene rings is 1. The Labute approximate surface area is 143 Å². The summed E-state index contributed by atoms with van der Waals surface area (Å²) < 4.78 is 11.3. The zero-order valence-corrected chi connectivity index (χ0v) is 14.6. The van der Waals surface area contributed by atoms with Gasteiger partial charge >= 0.3 is 0 Å². The van der Waals surface area contributed by atoms with Crippen molar-refractivity contribution in [1.82, 2.24) is 10.2 Å². The summed E-state index contributed by atoms with van der Waals surface area (Å²) in [4.78, 5) is 6.96. The van der Waals surface area contributed by atoms with Gasteiger partial charge in [0, 0.05) is 51.0 Å². The monoisotopic (exact) mass is 329 g/mol. The van der Waals surface area contributed by atoms with Gasteiger partial charge in [0.1, 0.15) is 11.3 Å². The van der Waals surface area contributed by atoms with Gasteiger partial charge in [-0.25, -0.2) is 0 Å². The molecule has 1 N–H and O–H groups in total. The second-order valence-corrected chi connectivity index (χ2v) is 6.35. The Morgan fingerprint density at radius 1 is 1.38 bits per heavy atom. The van der Waals surface area contributed by atoms with E-state index >= 15 is 0 Å². The van der Waals surface area contributed by atoms with Gasteiger partial charge in [-0.15, -0.1) is 0 Å². The minimum atomic E-state index is 0.606. The molecular weight excluding hydrogens is 302 g/mol. The van der Waals surface area contributed by atoms with Crippen molar-refractivity contribution in [3.05, 3.63) is 36.1 Å². The molecule has 1 aliphatic rings. The predicted octanol–water partition coefficient (Wildman–Crippen LogP) is 2.91. The second kappa shape index (κ2) is 8.20. The average Bonchev–Trinajstić information content (AvgIpc) is 3.22. The molecule has 0 radical (unpaired) electrons. The van der Waals surface area contributed by atoms with E-state index in [9.17, 15) is 0 Å². The minimum Gasteiger partial charge on any atom is -0.461 e. The first-order chi connectivity index (χ1) is 11.8. The lowest BCUT2D eigenvalue weighted by atomic mass is 10.1. The van der Waals surface area contributed by atoms with Crippen molar-refractivity contribution in [2.75, 3.05) is 39.9 Å². The fraction of sp³-hybridized carbons (Fsp3) is 0.526. The van der Waals surface area contributed by atoms with E-state index in [2.05, 4.69) is 36.3 Å². The van der Waals surface area contributed by atoms with Gasteiger partial charge in [-0.2, -0.15) is 0 Å². The van der Waals surface area contributed by atoms with Crippen LogP contribution in [-0.2, 0) is 11.2 Å². The van der Waals surface area contributed by atoms with E-state index in [0.29, 0.717) is 12.5 Å². The first-order valence-corrected chi connectivity index (χ1v) is 8.81. The zero-order chi connectivity index (χ0) is 16.8. The number of rotatable bonds is 6. The molecule has 3 rings (SSSR count). The number of furan rings is 1. The number of guanidine groups is 1. The maximum absolute atomic E-state index is 5.86. The number of nitrogens with zero attached hydrogens (tertiary/aromatic N) is 2. The number of hydrogen-bond acceptors (Lipinski definition) is 3. The average molecular weight is 329 g/mol. The summed E-state index contributed by atoms with van der Waals surface area (Å²) in [7, 11) is 2.10. The summed E-state index contributed by atoms with van der Waals surface area (Å²) in [5.74, 6) is 2.55. The number of nitrogens with one attached hydrogen (secondary N) is 1. The van der Waals surface area contributed by atoms with Gasteiger partial charge in [-0.1, -0.05) is 18.2 Å². The number of fused-ring (bicyclic) bond motifs is 1. The molecule has 0 aliphatic carbocycles. The van der Waals surface area contributed by atoms with Gasteiger partial charge in [0.05, 0.1) is 6.61 Å². The third-order valence-electron chi connectivity index (χ3n) is 4.35. The number of ether oxygens (including phenoxy) is 1. The van der Waals surface area contributed by atoms with Crippen LogP contribution >= 0.6 is 0 Å². The van der Waals surface area contributed by atoms with Gasteiger partial charge < -0.3 is 19.4 Å². The summed E-state index contributed by atoms with van der Waals surface area (Å²) in [5, 5.41) is 4.53. The van der Waals surface area contributed by atoms with Crippen LogP contribution in [0.5, 0.6) is 0 Å². The van der Waals surface area contributed by atoms with Crippen molar-refractivity contribution in [2.24, 2.45) is 10.9 Å². The molecule has 0 bridgehead atoms. The van der Waals surface area contributed by atoms with Crippen molar-refractivity contribution in [3.8, 4) is 0 Å². The fourth-order valence-corrected chi connectivity index (χ4v) is 3.10. The van der Waals surface area contributed by atoms with Crippen LogP contribution in [0, 0.1) is 5.92 Å². The second-order valence-electron chi connectivity index (χ2n) is 6.35. The summed E-state index contributed by atoms with van der Waals surface area (Å²) >= 11 is 0. The smallest absolute Gasteiger partial charge is 0.193 e. The first-order valence-electron chi connectivity index (χ1n) is 8.81. The molecule has 1 saturated heterocycles.